The molecule has 0 radical (unpaired) electrons. The van der Waals surface area contributed by atoms with Crippen molar-refractivity contribution < 1.29 is 14.6 Å². The van der Waals surface area contributed by atoms with Gasteiger partial charge in [-0.15, -0.1) is 0 Å². The van der Waals surface area contributed by atoms with E-state index < -0.39 is 0 Å². The molecule has 1 atom stereocenters. The highest BCUT2D eigenvalue weighted by atomic mass is 16.5. The summed E-state index contributed by atoms with van der Waals surface area (Å²) >= 11 is 0. The van der Waals surface area contributed by atoms with Crippen LogP contribution in [0.5, 0.6) is 17.2 Å². The maximum Gasteiger partial charge on any atom is 0.203 e. The van der Waals surface area contributed by atoms with Gasteiger partial charge in [-0.2, -0.15) is 0 Å². The summed E-state index contributed by atoms with van der Waals surface area (Å²) in [6.45, 7) is 4.35. The summed E-state index contributed by atoms with van der Waals surface area (Å²) < 4.78 is 11.2. The van der Waals surface area contributed by atoms with E-state index in [0.29, 0.717) is 24.7 Å². The largest absolute Gasteiger partial charge is 0.504 e. The average molecular weight is 249 g/mol. The van der Waals surface area contributed by atoms with Crippen molar-refractivity contribution in [2.45, 2.75) is 31.7 Å². The van der Waals surface area contributed by atoms with E-state index in [1.807, 2.05) is 12.1 Å². The van der Waals surface area contributed by atoms with Gasteiger partial charge in [-0.1, -0.05) is 0 Å². The van der Waals surface area contributed by atoms with Crippen molar-refractivity contribution in [3.05, 3.63) is 17.7 Å². The molecule has 2 N–H and O–H groups in total. The van der Waals surface area contributed by atoms with E-state index in [0.717, 1.165) is 31.4 Å². The molecule has 3 rings (SSSR count). The van der Waals surface area contributed by atoms with E-state index in [2.05, 4.69) is 12.2 Å². The molecule has 4 heteroatoms. The van der Waals surface area contributed by atoms with Crippen LogP contribution in [0.3, 0.4) is 0 Å². The van der Waals surface area contributed by atoms with Crippen LogP contribution in [0.15, 0.2) is 12.1 Å². The zero-order valence-corrected chi connectivity index (χ0v) is 10.7. The van der Waals surface area contributed by atoms with Crippen molar-refractivity contribution in [2.75, 3.05) is 19.8 Å². The lowest BCUT2D eigenvalue weighted by Crippen LogP contribution is -2.33. The molecule has 1 fully saturated rings. The van der Waals surface area contributed by atoms with Gasteiger partial charge in [-0.25, -0.2) is 0 Å². The van der Waals surface area contributed by atoms with Gasteiger partial charge in [0, 0.05) is 17.5 Å². The maximum absolute atomic E-state index is 10.4. The number of phenolic OH excluding ortho intramolecular Hbond substituents is 1. The second-order valence-electron chi connectivity index (χ2n) is 5.20. The molecule has 2 heterocycles. The molecule has 1 aromatic rings. The monoisotopic (exact) mass is 249 g/mol. The van der Waals surface area contributed by atoms with Crippen LogP contribution >= 0.6 is 0 Å². The first-order valence-corrected chi connectivity index (χ1v) is 6.58. The smallest absolute Gasteiger partial charge is 0.203 e. The molecule has 0 aliphatic carbocycles. The molecule has 2 aliphatic heterocycles. The van der Waals surface area contributed by atoms with Gasteiger partial charge in [0.05, 0.1) is 13.2 Å². The number of benzene rings is 1. The molecule has 0 bridgehead atoms. The number of aromatic hydroxyl groups is 1. The van der Waals surface area contributed by atoms with Crippen LogP contribution < -0.4 is 14.8 Å². The van der Waals surface area contributed by atoms with Crippen LogP contribution in [-0.2, 0) is 5.54 Å². The number of hydrogen-bond donors (Lipinski definition) is 2. The minimum Gasteiger partial charge on any atom is -0.504 e. The normalized spacial score (nSPS) is 26.9. The molecule has 0 saturated carbocycles. The molecule has 0 aromatic heterocycles. The first kappa shape index (κ1) is 11.7. The highest BCUT2D eigenvalue weighted by Gasteiger charge is 2.34. The molecule has 2 aliphatic rings. The van der Waals surface area contributed by atoms with E-state index in [9.17, 15) is 5.11 Å². The second kappa shape index (κ2) is 4.35. The fourth-order valence-electron chi connectivity index (χ4n) is 2.79. The predicted octanol–water partition coefficient (Wildman–Crippen LogP) is 2.15. The summed E-state index contributed by atoms with van der Waals surface area (Å²) in [6.07, 6.45) is 3.00. The lowest BCUT2D eigenvalue weighted by Gasteiger charge is -2.27. The molecular formula is C14H19NO3. The Morgan fingerprint density at radius 3 is 2.83 bits per heavy atom. The number of rotatable bonds is 1. The van der Waals surface area contributed by atoms with Gasteiger partial charge in [0.25, 0.3) is 0 Å². The van der Waals surface area contributed by atoms with Gasteiger partial charge in [0.1, 0.15) is 0 Å². The first-order chi connectivity index (χ1) is 8.71. The number of ether oxygens (including phenoxy) is 2. The summed E-state index contributed by atoms with van der Waals surface area (Å²) in [6, 6.07) is 3.85. The van der Waals surface area contributed by atoms with E-state index >= 15 is 0 Å². The van der Waals surface area contributed by atoms with Crippen molar-refractivity contribution in [1.29, 1.82) is 0 Å². The summed E-state index contributed by atoms with van der Waals surface area (Å²) in [5.41, 5.74) is 0.749. The van der Waals surface area contributed by atoms with E-state index in [4.69, 9.17) is 9.47 Å². The third-order valence-electron chi connectivity index (χ3n) is 3.85. The highest BCUT2D eigenvalue weighted by Crippen LogP contribution is 2.46. The van der Waals surface area contributed by atoms with Gasteiger partial charge in [0.2, 0.25) is 5.75 Å². The summed E-state index contributed by atoms with van der Waals surface area (Å²) in [5, 5.41) is 13.9. The minimum atomic E-state index is -0.158. The van der Waals surface area contributed by atoms with Crippen LogP contribution in [0, 0.1) is 0 Å². The lowest BCUT2D eigenvalue weighted by molar-refractivity contribution is 0.289. The number of hydrogen-bond acceptors (Lipinski definition) is 4. The van der Waals surface area contributed by atoms with E-state index in [1.54, 1.807) is 0 Å². The molecule has 1 saturated heterocycles. The third kappa shape index (κ3) is 1.81. The number of nitrogens with one attached hydrogen (secondary N) is 1. The van der Waals surface area contributed by atoms with Crippen LogP contribution in [0.4, 0.5) is 0 Å². The zero-order valence-electron chi connectivity index (χ0n) is 10.7. The molecule has 18 heavy (non-hydrogen) atoms. The molecular weight excluding hydrogens is 230 g/mol. The Balaban J connectivity index is 2.04. The van der Waals surface area contributed by atoms with E-state index in [-0.39, 0.29) is 11.3 Å². The van der Waals surface area contributed by atoms with E-state index in [1.165, 1.54) is 0 Å². The Bertz CT molecular complexity index is 453. The summed E-state index contributed by atoms with van der Waals surface area (Å²) in [7, 11) is 0. The molecule has 1 unspecified atom stereocenters. The van der Waals surface area contributed by atoms with Gasteiger partial charge in [-0.05, 0) is 38.4 Å². The molecule has 4 nitrogen and oxygen atoms in total. The predicted molar refractivity (Wildman–Crippen MR) is 68.3 cm³/mol. The minimum absolute atomic E-state index is 0.158. The molecule has 0 amide bonds. The summed E-state index contributed by atoms with van der Waals surface area (Å²) in [5.74, 6) is 1.38. The van der Waals surface area contributed by atoms with Crippen LogP contribution in [0.2, 0.25) is 0 Å². The van der Waals surface area contributed by atoms with Crippen molar-refractivity contribution in [3.8, 4) is 17.2 Å². The Morgan fingerprint density at radius 1 is 1.22 bits per heavy atom. The SMILES string of the molecule is CC1(c2ccc3c(c2O)OCCCO3)CCCN1. The number of fused-ring (bicyclic) bond motifs is 1. The topological polar surface area (TPSA) is 50.7 Å². The molecule has 98 valence electrons. The van der Waals surface area contributed by atoms with Gasteiger partial charge in [0.15, 0.2) is 11.5 Å². The second-order valence-corrected chi connectivity index (χ2v) is 5.20. The molecule has 1 aromatic carbocycles. The van der Waals surface area contributed by atoms with Crippen molar-refractivity contribution >= 4 is 0 Å². The molecule has 0 spiro atoms. The Kier molecular flexibility index (Phi) is 2.82. The Hall–Kier alpha value is -1.42. The summed E-state index contributed by atoms with van der Waals surface area (Å²) in [4.78, 5) is 0. The first-order valence-electron chi connectivity index (χ1n) is 6.58. The fourth-order valence-corrected chi connectivity index (χ4v) is 2.79. The van der Waals surface area contributed by atoms with Crippen molar-refractivity contribution in [2.24, 2.45) is 0 Å². The fraction of sp³-hybridized carbons (Fsp3) is 0.571. The maximum atomic E-state index is 10.4. The quantitative estimate of drug-likeness (QED) is 0.800. The van der Waals surface area contributed by atoms with Crippen molar-refractivity contribution in [3.63, 3.8) is 0 Å². The third-order valence-corrected chi connectivity index (χ3v) is 3.85. The zero-order chi connectivity index (χ0) is 12.6. The van der Waals surface area contributed by atoms with Gasteiger partial charge >= 0.3 is 0 Å². The Morgan fingerprint density at radius 2 is 2.06 bits per heavy atom. The van der Waals surface area contributed by atoms with Gasteiger partial charge < -0.3 is 19.9 Å². The van der Waals surface area contributed by atoms with Crippen molar-refractivity contribution in [1.82, 2.24) is 5.32 Å². The van der Waals surface area contributed by atoms with Crippen LogP contribution in [-0.4, -0.2) is 24.9 Å². The number of phenols is 1. The van der Waals surface area contributed by atoms with Crippen LogP contribution in [0.1, 0.15) is 31.7 Å². The highest BCUT2D eigenvalue weighted by molar-refractivity contribution is 5.57. The average Bonchev–Trinajstić information content (AvgIpc) is 2.65. The lowest BCUT2D eigenvalue weighted by atomic mass is 9.89. The Labute approximate surface area is 107 Å². The van der Waals surface area contributed by atoms with Gasteiger partial charge in [-0.3, -0.25) is 0 Å². The standard InChI is InChI=1S/C14H19NO3/c1-14(6-2-7-15-14)10-4-5-11-13(12(10)16)18-9-3-8-17-11/h4-5,15-16H,2-3,6-9H2,1H3. The van der Waals surface area contributed by atoms with Crippen LogP contribution in [0.25, 0.3) is 0 Å².